The molecule has 5 nitrogen and oxygen atoms in total. The van der Waals surface area contributed by atoms with Gasteiger partial charge in [-0.05, 0) is 47.9 Å². The minimum Gasteiger partial charge on any atom is -0.355 e. The molecule has 0 amide bonds. The third-order valence-electron chi connectivity index (χ3n) is 4.28. The third kappa shape index (κ3) is 2.12. The van der Waals surface area contributed by atoms with E-state index >= 15 is 0 Å². The molecule has 0 bridgehead atoms. The van der Waals surface area contributed by atoms with Crippen LogP contribution in [0.5, 0.6) is 0 Å². The Morgan fingerprint density at radius 3 is 3.09 bits per heavy atom. The van der Waals surface area contributed by atoms with Gasteiger partial charge in [0.25, 0.3) is 5.56 Å². The number of hydrogen-bond acceptors (Lipinski definition) is 3. The van der Waals surface area contributed by atoms with Gasteiger partial charge in [0.2, 0.25) is 0 Å². The van der Waals surface area contributed by atoms with Crippen molar-refractivity contribution in [3.8, 4) is 0 Å². The van der Waals surface area contributed by atoms with E-state index in [0.29, 0.717) is 16.8 Å². The van der Waals surface area contributed by atoms with Gasteiger partial charge < -0.3 is 14.9 Å². The zero-order valence-corrected chi connectivity index (χ0v) is 12.8. The van der Waals surface area contributed by atoms with Crippen LogP contribution in [0.25, 0.3) is 11.0 Å². The molecule has 1 aromatic carbocycles. The lowest BCUT2D eigenvalue weighted by molar-refractivity contribution is 0.631. The molecule has 3 aromatic rings. The molecule has 1 aliphatic rings. The van der Waals surface area contributed by atoms with Crippen LogP contribution in [0.2, 0.25) is 0 Å². The van der Waals surface area contributed by atoms with Crippen LogP contribution in [-0.4, -0.2) is 21.1 Å². The predicted octanol–water partition coefficient (Wildman–Crippen LogP) is 2.08. The van der Waals surface area contributed by atoms with Crippen molar-refractivity contribution in [1.82, 2.24) is 19.9 Å². The maximum absolute atomic E-state index is 11.9. The van der Waals surface area contributed by atoms with Crippen LogP contribution in [0.4, 0.5) is 0 Å². The van der Waals surface area contributed by atoms with Crippen LogP contribution in [0.15, 0.2) is 35.3 Å². The molecule has 22 heavy (non-hydrogen) atoms. The highest BCUT2D eigenvalue weighted by molar-refractivity contribution is 7.71. The molecule has 2 aromatic heterocycles. The highest BCUT2D eigenvalue weighted by atomic mass is 32.1. The second-order valence-corrected chi connectivity index (χ2v) is 5.95. The highest BCUT2D eigenvalue weighted by Gasteiger charge is 2.14. The quantitative estimate of drug-likeness (QED) is 0.635. The van der Waals surface area contributed by atoms with E-state index in [2.05, 4.69) is 33.5 Å². The molecule has 0 saturated carbocycles. The molecule has 3 N–H and O–H groups in total. The van der Waals surface area contributed by atoms with Gasteiger partial charge in [0, 0.05) is 12.7 Å². The second-order valence-electron chi connectivity index (χ2n) is 5.56. The van der Waals surface area contributed by atoms with Crippen LogP contribution in [0.1, 0.15) is 16.7 Å². The molecule has 0 saturated heterocycles. The lowest BCUT2D eigenvalue weighted by atomic mass is 9.96. The van der Waals surface area contributed by atoms with Crippen molar-refractivity contribution in [2.24, 2.45) is 0 Å². The first-order chi connectivity index (χ1) is 10.7. The van der Waals surface area contributed by atoms with Crippen LogP contribution in [0.3, 0.4) is 0 Å². The van der Waals surface area contributed by atoms with E-state index in [4.69, 9.17) is 12.2 Å². The van der Waals surface area contributed by atoms with Crippen LogP contribution in [-0.2, 0) is 19.5 Å². The van der Waals surface area contributed by atoms with E-state index in [1.807, 2.05) is 10.6 Å². The Bertz CT molecular complexity index is 966. The molecule has 0 spiro atoms. The molecule has 0 radical (unpaired) electrons. The van der Waals surface area contributed by atoms with Gasteiger partial charge in [-0.2, -0.15) is 0 Å². The minimum absolute atomic E-state index is 0.169. The Morgan fingerprint density at radius 2 is 2.18 bits per heavy atom. The van der Waals surface area contributed by atoms with E-state index < -0.39 is 0 Å². The minimum atomic E-state index is -0.169. The van der Waals surface area contributed by atoms with Gasteiger partial charge in [-0.15, -0.1) is 0 Å². The standard InChI is InChI=1S/C16H16N4OS/c21-15-14-13(5-7-18-14)20(16(22)19-15)9-11-3-1-2-10-4-6-17-8-12(10)11/h1-3,5,7,17-18H,4,6,8-9H2,(H,19,21,22). The third-order valence-corrected chi connectivity index (χ3v) is 4.60. The Hall–Kier alpha value is -2.18. The van der Waals surface area contributed by atoms with Crippen molar-refractivity contribution in [3.05, 3.63) is 62.3 Å². The molecule has 1 aliphatic heterocycles. The first-order valence-corrected chi connectivity index (χ1v) is 7.75. The highest BCUT2D eigenvalue weighted by Crippen LogP contribution is 2.20. The number of rotatable bonds is 2. The molecule has 4 rings (SSSR count). The van der Waals surface area contributed by atoms with Gasteiger partial charge in [-0.25, -0.2) is 0 Å². The number of benzene rings is 1. The Balaban J connectivity index is 1.87. The average Bonchev–Trinajstić information content (AvgIpc) is 3.01. The summed E-state index contributed by atoms with van der Waals surface area (Å²) in [7, 11) is 0. The maximum Gasteiger partial charge on any atom is 0.276 e. The summed E-state index contributed by atoms with van der Waals surface area (Å²) in [6, 6.07) is 8.33. The largest absolute Gasteiger partial charge is 0.355 e. The average molecular weight is 312 g/mol. The summed E-state index contributed by atoms with van der Waals surface area (Å²) >= 11 is 5.36. The molecular formula is C16H16N4OS. The van der Waals surface area contributed by atoms with Crippen molar-refractivity contribution in [2.75, 3.05) is 6.54 Å². The smallest absolute Gasteiger partial charge is 0.276 e. The zero-order chi connectivity index (χ0) is 15.1. The fraction of sp³-hybridized carbons (Fsp3) is 0.250. The zero-order valence-electron chi connectivity index (χ0n) is 12.0. The van der Waals surface area contributed by atoms with E-state index in [1.54, 1.807) is 6.20 Å². The summed E-state index contributed by atoms with van der Waals surface area (Å²) in [6.07, 6.45) is 2.83. The second kappa shape index (κ2) is 5.23. The van der Waals surface area contributed by atoms with E-state index in [-0.39, 0.29) is 5.56 Å². The van der Waals surface area contributed by atoms with E-state index in [1.165, 1.54) is 16.7 Å². The fourth-order valence-electron chi connectivity index (χ4n) is 3.17. The number of nitrogens with zero attached hydrogens (tertiary/aromatic N) is 1. The molecular weight excluding hydrogens is 296 g/mol. The first-order valence-electron chi connectivity index (χ1n) is 7.34. The van der Waals surface area contributed by atoms with Crippen molar-refractivity contribution in [2.45, 2.75) is 19.5 Å². The Morgan fingerprint density at radius 1 is 1.27 bits per heavy atom. The van der Waals surface area contributed by atoms with E-state index in [9.17, 15) is 4.79 Å². The summed E-state index contributed by atoms with van der Waals surface area (Å²) in [5, 5.41) is 3.42. The van der Waals surface area contributed by atoms with Gasteiger partial charge in [0.15, 0.2) is 4.77 Å². The molecule has 0 aliphatic carbocycles. The van der Waals surface area contributed by atoms with Crippen LogP contribution in [0, 0.1) is 4.77 Å². The summed E-state index contributed by atoms with van der Waals surface area (Å²) in [5.74, 6) is 0. The summed E-state index contributed by atoms with van der Waals surface area (Å²) in [6.45, 7) is 2.57. The lowest BCUT2D eigenvalue weighted by Gasteiger charge is -2.21. The molecule has 0 fully saturated rings. The van der Waals surface area contributed by atoms with Crippen molar-refractivity contribution >= 4 is 23.3 Å². The molecule has 3 heterocycles. The summed E-state index contributed by atoms with van der Waals surface area (Å²) < 4.78 is 2.44. The van der Waals surface area contributed by atoms with Gasteiger partial charge in [-0.3, -0.25) is 9.78 Å². The molecule has 112 valence electrons. The van der Waals surface area contributed by atoms with Crippen LogP contribution < -0.4 is 10.9 Å². The molecule has 6 heteroatoms. The van der Waals surface area contributed by atoms with Gasteiger partial charge in [-0.1, -0.05) is 18.2 Å². The van der Waals surface area contributed by atoms with Gasteiger partial charge >= 0.3 is 0 Å². The van der Waals surface area contributed by atoms with Crippen molar-refractivity contribution in [3.63, 3.8) is 0 Å². The summed E-state index contributed by atoms with van der Waals surface area (Å²) in [5.41, 5.74) is 5.24. The maximum atomic E-state index is 11.9. The Kier molecular flexibility index (Phi) is 3.20. The number of H-pyrrole nitrogens is 2. The number of nitrogens with one attached hydrogen (secondary N) is 3. The number of fused-ring (bicyclic) bond motifs is 2. The lowest BCUT2D eigenvalue weighted by Crippen LogP contribution is -2.25. The number of aromatic amines is 2. The van der Waals surface area contributed by atoms with Crippen LogP contribution >= 0.6 is 12.2 Å². The van der Waals surface area contributed by atoms with Gasteiger partial charge in [0.05, 0.1) is 12.1 Å². The monoisotopic (exact) mass is 312 g/mol. The van der Waals surface area contributed by atoms with Gasteiger partial charge in [0.1, 0.15) is 5.52 Å². The number of aromatic nitrogens is 3. The predicted molar refractivity (Wildman–Crippen MR) is 88.7 cm³/mol. The summed E-state index contributed by atoms with van der Waals surface area (Å²) in [4.78, 5) is 17.6. The molecule has 0 atom stereocenters. The molecule has 0 unspecified atom stereocenters. The van der Waals surface area contributed by atoms with E-state index in [0.717, 1.165) is 25.0 Å². The normalized spacial score (nSPS) is 14.2. The number of hydrogen-bond donors (Lipinski definition) is 3. The Labute approximate surface area is 132 Å². The topological polar surface area (TPSA) is 65.6 Å². The SMILES string of the molecule is O=c1[nH]c(=S)n(Cc2cccc3c2CNCC3)c2cc[nH]c12. The first kappa shape index (κ1) is 13.5. The van der Waals surface area contributed by atoms with Crippen molar-refractivity contribution < 1.29 is 0 Å². The fourth-order valence-corrected chi connectivity index (χ4v) is 3.42. The van der Waals surface area contributed by atoms with Crippen molar-refractivity contribution in [1.29, 1.82) is 0 Å².